The predicted octanol–water partition coefficient (Wildman–Crippen LogP) is 3.47. The molecule has 0 saturated heterocycles. The van der Waals surface area contributed by atoms with Crippen LogP contribution in [0.3, 0.4) is 0 Å². The zero-order chi connectivity index (χ0) is 9.97. The molecule has 2 aliphatic rings. The monoisotopic (exact) mass is 202 g/mol. The van der Waals surface area contributed by atoms with Crippen LogP contribution in [0.15, 0.2) is 46.8 Å². The summed E-state index contributed by atoms with van der Waals surface area (Å²) in [5.41, 5.74) is 0.854. The number of allylic oxidation sites excluding steroid dienone is 8. The average molecular weight is 202 g/mol. The third-order valence-corrected chi connectivity index (χ3v) is 6.85. The maximum Gasteiger partial charge on any atom is 0.0958 e. The van der Waals surface area contributed by atoms with Gasteiger partial charge in [0.1, 0.15) is 0 Å². The lowest BCUT2D eigenvalue weighted by atomic mass is 10.5. The molecule has 0 amide bonds. The molecule has 0 bridgehead atoms. The van der Waals surface area contributed by atoms with Gasteiger partial charge in [-0.15, -0.1) is 0 Å². The van der Waals surface area contributed by atoms with Crippen molar-refractivity contribution in [1.29, 1.82) is 0 Å². The van der Waals surface area contributed by atoms with Crippen LogP contribution in [-0.2, 0) is 0 Å². The zero-order valence-corrected chi connectivity index (χ0v) is 10.2. The standard InChI is InChI=1S/C13H18Si/c1-11(2)14(12-7-3-4-8-12)13-9-5-6-10-13/h3-7,9,11,14H,8,10H2,1-2H3. The van der Waals surface area contributed by atoms with Crippen LogP contribution in [0.2, 0.25) is 5.54 Å². The summed E-state index contributed by atoms with van der Waals surface area (Å²) < 4.78 is 0. The van der Waals surface area contributed by atoms with Gasteiger partial charge in [-0.2, -0.15) is 0 Å². The van der Waals surface area contributed by atoms with Crippen molar-refractivity contribution in [1.82, 2.24) is 0 Å². The molecule has 2 aliphatic carbocycles. The SMILES string of the molecule is CC(C)[SiH](C1=CC=CC1)C1=CC=CC1. The molecule has 0 atom stereocenters. The van der Waals surface area contributed by atoms with E-state index in [9.17, 15) is 0 Å². The third-order valence-electron chi connectivity index (χ3n) is 3.07. The highest BCUT2D eigenvalue weighted by Gasteiger charge is 2.24. The quantitative estimate of drug-likeness (QED) is 0.615. The Balaban J connectivity index is 2.16. The Hall–Kier alpha value is -0.823. The van der Waals surface area contributed by atoms with Gasteiger partial charge < -0.3 is 0 Å². The summed E-state index contributed by atoms with van der Waals surface area (Å²) in [4.78, 5) is 0. The molecule has 0 aromatic carbocycles. The van der Waals surface area contributed by atoms with E-state index in [0.717, 1.165) is 5.54 Å². The van der Waals surface area contributed by atoms with Crippen molar-refractivity contribution in [3.05, 3.63) is 46.8 Å². The fourth-order valence-corrected chi connectivity index (χ4v) is 6.09. The van der Waals surface area contributed by atoms with Crippen molar-refractivity contribution in [3.63, 3.8) is 0 Å². The van der Waals surface area contributed by atoms with Crippen molar-refractivity contribution < 1.29 is 0 Å². The second-order valence-corrected chi connectivity index (χ2v) is 8.24. The molecule has 0 aromatic heterocycles. The van der Waals surface area contributed by atoms with E-state index in [1.54, 1.807) is 10.4 Å². The van der Waals surface area contributed by atoms with Crippen molar-refractivity contribution in [2.45, 2.75) is 32.2 Å². The largest absolute Gasteiger partial charge is 0.0958 e. The average Bonchev–Trinajstić information content (AvgIpc) is 2.75. The summed E-state index contributed by atoms with van der Waals surface area (Å²) in [5.74, 6) is 0. The fraction of sp³-hybridized carbons (Fsp3) is 0.385. The summed E-state index contributed by atoms with van der Waals surface area (Å²) in [6.07, 6.45) is 16.2. The molecule has 0 aliphatic heterocycles. The van der Waals surface area contributed by atoms with Gasteiger partial charge in [-0.1, -0.05) is 60.7 Å². The van der Waals surface area contributed by atoms with Gasteiger partial charge in [-0.25, -0.2) is 0 Å². The van der Waals surface area contributed by atoms with E-state index in [2.05, 4.69) is 50.3 Å². The highest BCUT2D eigenvalue weighted by molar-refractivity contribution is 6.75. The highest BCUT2D eigenvalue weighted by atomic mass is 28.3. The van der Waals surface area contributed by atoms with Crippen LogP contribution in [0.25, 0.3) is 0 Å². The van der Waals surface area contributed by atoms with Crippen LogP contribution < -0.4 is 0 Å². The van der Waals surface area contributed by atoms with Crippen molar-refractivity contribution in [3.8, 4) is 0 Å². The molecule has 0 aromatic rings. The second kappa shape index (κ2) is 4.14. The summed E-state index contributed by atoms with van der Waals surface area (Å²) in [5, 5.41) is 3.46. The van der Waals surface area contributed by atoms with Gasteiger partial charge >= 0.3 is 0 Å². The topological polar surface area (TPSA) is 0 Å². The van der Waals surface area contributed by atoms with Gasteiger partial charge in [0.15, 0.2) is 0 Å². The van der Waals surface area contributed by atoms with Crippen LogP contribution in [0.5, 0.6) is 0 Å². The predicted molar refractivity (Wildman–Crippen MR) is 65.9 cm³/mol. The Morgan fingerprint density at radius 2 is 1.50 bits per heavy atom. The molecule has 0 nitrogen and oxygen atoms in total. The first kappa shape index (κ1) is 9.72. The van der Waals surface area contributed by atoms with Gasteiger partial charge in [-0.3, -0.25) is 0 Å². The molecule has 0 fully saturated rings. The van der Waals surface area contributed by atoms with Gasteiger partial charge in [0.25, 0.3) is 0 Å². The van der Waals surface area contributed by atoms with Gasteiger partial charge in [0, 0.05) is 0 Å². The van der Waals surface area contributed by atoms with Crippen LogP contribution in [0, 0.1) is 0 Å². The number of hydrogen-bond donors (Lipinski definition) is 0. The summed E-state index contributed by atoms with van der Waals surface area (Å²) in [6.45, 7) is 4.77. The molecular formula is C13H18Si. The highest BCUT2D eigenvalue weighted by Crippen LogP contribution is 2.30. The van der Waals surface area contributed by atoms with Crippen LogP contribution >= 0.6 is 0 Å². The van der Waals surface area contributed by atoms with Crippen molar-refractivity contribution >= 4 is 8.80 Å². The summed E-state index contributed by atoms with van der Waals surface area (Å²) in [6, 6.07) is 0. The van der Waals surface area contributed by atoms with Crippen LogP contribution in [0.4, 0.5) is 0 Å². The van der Waals surface area contributed by atoms with E-state index < -0.39 is 8.80 Å². The minimum absolute atomic E-state index is 0.815. The molecule has 0 spiro atoms. The smallest absolute Gasteiger partial charge is 0.0809 e. The molecule has 0 saturated carbocycles. The first-order valence-electron chi connectivity index (χ1n) is 5.50. The maximum atomic E-state index is 2.38. The minimum Gasteiger partial charge on any atom is -0.0809 e. The van der Waals surface area contributed by atoms with Gasteiger partial charge in [0.05, 0.1) is 8.80 Å². The first-order chi connectivity index (χ1) is 6.79. The lowest BCUT2D eigenvalue weighted by Gasteiger charge is -2.22. The van der Waals surface area contributed by atoms with Crippen molar-refractivity contribution in [2.75, 3.05) is 0 Å². The van der Waals surface area contributed by atoms with E-state index in [0.29, 0.717) is 0 Å². The zero-order valence-electron chi connectivity index (χ0n) is 9.03. The van der Waals surface area contributed by atoms with Crippen LogP contribution in [0.1, 0.15) is 26.7 Å². The molecule has 74 valence electrons. The molecule has 2 rings (SSSR count). The Bertz CT molecular complexity index is 299. The first-order valence-corrected chi connectivity index (χ1v) is 7.32. The molecule has 0 N–H and O–H groups in total. The Morgan fingerprint density at radius 3 is 1.79 bits per heavy atom. The van der Waals surface area contributed by atoms with E-state index >= 15 is 0 Å². The number of hydrogen-bond acceptors (Lipinski definition) is 0. The normalized spacial score (nSPS) is 19.7. The molecule has 0 heterocycles. The summed E-state index contributed by atoms with van der Waals surface area (Å²) >= 11 is 0. The van der Waals surface area contributed by atoms with Gasteiger partial charge in [-0.05, 0) is 18.4 Å². The van der Waals surface area contributed by atoms with E-state index in [-0.39, 0.29) is 0 Å². The Labute approximate surface area is 88.3 Å². The molecule has 14 heavy (non-hydrogen) atoms. The lowest BCUT2D eigenvalue weighted by molar-refractivity contribution is 1.03. The van der Waals surface area contributed by atoms with E-state index in [1.165, 1.54) is 12.8 Å². The van der Waals surface area contributed by atoms with E-state index in [4.69, 9.17) is 0 Å². The molecular weight excluding hydrogens is 184 g/mol. The molecule has 1 heteroatoms. The van der Waals surface area contributed by atoms with Crippen molar-refractivity contribution in [2.24, 2.45) is 0 Å². The fourth-order valence-electron chi connectivity index (χ4n) is 2.48. The van der Waals surface area contributed by atoms with Crippen LogP contribution in [-0.4, -0.2) is 8.80 Å². The second-order valence-electron chi connectivity index (χ2n) is 4.47. The number of rotatable bonds is 3. The molecule has 0 unspecified atom stereocenters. The minimum atomic E-state index is -0.815. The molecule has 0 radical (unpaired) electrons. The Morgan fingerprint density at radius 1 is 1.00 bits per heavy atom. The maximum absolute atomic E-state index is 2.38. The van der Waals surface area contributed by atoms with Gasteiger partial charge in [0.2, 0.25) is 0 Å². The third kappa shape index (κ3) is 1.83. The lowest BCUT2D eigenvalue weighted by Crippen LogP contribution is -2.22. The Kier molecular flexibility index (Phi) is 2.87. The summed E-state index contributed by atoms with van der Waals surface area (Å²) in [7, 11) is -0.815. The van der Waals surface area contributed by atoms with E-state index in [1.807, 2.05) is 0 Å².